The van der Waals surface area contributed by atoms with E-state index >= 15 is 0 Å². The molecule has 0 saturated carbocycles. The molecule has 0 spiro atoms. The van der Waals surface area contributed by atoms with Gasteiger partial charge in [-0.05, 0) is 52.9 Å². The molecule has 0 amide bonds. The molecule has 0 radical (unpaired) electrons. The Labute approximate surface area is 145 Å². The van der Waals surface area contributed by atoms with Gasteiger partial charge in [0, 0.05) is 15.3 Å². The largest absolute Gasteiger partial charge is 0.489 e. The van der Waals surface area contributed by atoms with Crippen LogP contribution < -0.4 is 10.5 Å². The van der Waals surface area contributed by atoms with Crippen molar-refractivity contribution in [3.63, 3.8) is 0 Å². The molecule has 0 aliphatic heterocycles. The Bertz CT molecular complexity index is 958. The standard InChI is InChI=1S/C21H17NOS/c22-18-9-6-16(7-10-18)20-12-17-8-11-19(13-21(17)24-20)23-14-15-4-2-1-3-5-15/h1-13H,14,22H2. The van der Waals surface area contributed by atoms with Gasteiger partial charge in [0.2, 0.25) is 0 Å². The van der Waals surface area contributed by atoms with E-state index in [1.54, 1.807) is 11.3 Å². The number of anilines is 1. The van der Waals surface area contributed by atoms with Gasteiger partial charge in [0.25, 0.3) is 0 Å². The number of rotatable bonds is 4. The predicted octanol–water partition coefficient (Wildman–Crippen LogP) is 5.73. The van der Waals surface area contributed by atoms with Crippen molar-refractivity contribution >= 4 is 27.1 Å². The van der Waals surface area contributed by atoms with Crippen LogP contribution in [0.15, 0.2) is 78.9 Å². The quantitative estimate of drug-likeness (QED) is 0.485. The monoisotopic (exact) mass is 331 g/mol. The molecule has 2 nitrogen and oxygen atoms in total. The van der Waals surface area contributed by atoms with Gasteiger partial charge < -0.3 is 10.5 Å². The molecular weight excluding hydrogens is 314 g/mol. The van der Waals surface area contributed by atoms with Crippen LogP contribution in [0.4, 0.5) is 5.69 Å². The van der Waals surface area contributed by atoms with E-state index in [0.717, 1.165) is 11.4 Å². The van der Waals surface area contributed by atoms with Crippen molar-refractivity contribution in [3.05, 3.63) is 84.4 Å². The van der Waals surface area contributed by atoms with Gasteiger partial charge in [-0.2, -0.15) is 0 Å². The molecule has 1 aromatic heterocycles. The first-order valence-corrected chi connectivity index (χ1v) is 8.66. The molecule has 0 aliphatic carbocycles. The van der Waals surface area contributed by atoms with Crippen molar-refractivity contribution in [2.75, 3.05) is 5.73 Å². The number of thiophene rings is 1. The zero-order valence-corrected chi connectivity index (χ0v) is 13.9. The Hall–Kier alpha value is -2.78. The van der Waals surface area contributed by atoms with E-state index in [1.165, 1.54) is 26.1 Å². The highest BCUT2D eigenvalue weighted by atomic mass is 32.1. The fourth-order valence-corrected chi connectivity index (χ4v) is 3.73. The van der Waals surface area contributed by atoms with Crippen molar-refractivity contribution in [3.8, 4) is 16.2 Å². The molecule has 3 aromatic carbocycles. The molecule has 2 N–H and O–H groups in total. The molecular formula is C21H17NOS. The molecule has 24 heavy (non-hydrogen) atoms. The summed E-state index contributed by atoms with van der Waals surface area (Å²) in [5.74, 6) is 0.900. The molecule has 0 saturated heterocycles. The molecule has 0 bridgehead atoms. The highest BCUT2D eigenvalue weighted by molar-refractivity contribution is 7.22. The molecule has 0 fully saturated rings. The number of nitrogens with two attached hydrogens (primary N) is 1. The van der Waals surface area contributed by atoms with Crippen molar-refractivity contribution in [2.24, 2.45) is 0 Å². The van der Waals surface area contributed by atoms with Crippen LogP contribution in [-0.2, 0) is 6.61 Å². The first kappa shape index (κ1) is 14.8. The summed E-state index contributed by atoms with van der Waals surface area (Å²) in [6, 6.07) is 26.7. The zero-order chi connectivity index (χ0) is 16.4. The predicted molar refractivity (Wildman–Crippen MR) is 102 cm³/mol. The lowest BCUT2D eigenvalue weighted by Gasteiger charge is -2.06. The highest BCUT2D eigenvalue weighted by Gasteiger charge is 2.06. The summed E-state index contributed by atoms with van der Waals surface area (Å²) in [5.41, 5.74) is 8.92. The van der Waals surface area contributed by atoms with Crippen LogP contribution in [0.2, 0.25) is 0 Å². The van der Waals surface area contributed by atoms with Crippen LogP contribution in [0.5, 0.6) is 5.75 Å². The highest BCUT2D eigenvalue weighted by Crippen LogP contribution is 2.35. The van der Waals surface area contributed by atoms with Gasteiger partial charge in [-0.3, -0.25) is 0 Å². The number of hydrogen-bond donors (Lipinski definition) is 1. The van der Waals surface area contributed by atoms with Crippen LogP contribution in [0, 0.1) is 0 Å². The molecule has 118 valence electrons. The summed E-state index contributed by atoms with van der Waals surface area (Å²) in [7, 11) is 0. The van der Waals surface area contributed by atoms with E-state index in [4.69, 9.17) is 10.5 Å². The summed E-state index contributed by atoms with van der Waals surface area (Å²) >= 11 is 1.77. The smallest absolute Gasteiger partial charge is 0.121 e. The van der Waals surface area contributed by atoms with Gasteiger partial charge in [0.1, 0.15) is 12.4 Å². The molecule has 3 heteroatoms. The Kier molecular flexibility index (Phi) is 3.93. The molecule has 0 aliphatic rings. The second-order valence-electron chi connectivity index (χ2n) is 5.71. The van der Waals surface area contributed by atoms with Crippen LogP contribution >= 0.6 is 11.3 Å². The van der Waals surface area contributed by atoms with E-state index in [2.05, 4.69) is 42.5 Å². The molecule has 1 heterocycles. The SMILES string of the molecule is Nc1ccc(-c2cc3ccc(OCc4ccccc4)cc3s2)cc1. The molecule has 0 atom stereocenters. The summed E-state index contributed by atoms with van der Waals surface area (Å²) in [4.78, 5) is 1.24. The molecule has 0 unspecified atom stereocenters. The maximum absolute atomic E-state index is 5.92. The van der Waals surface area contributed by atoms with Gasteiger partial charge in [-0.1, -0.05) is 42.5 Å². The minimum absolute atomic E-state index is 0.586. The second-order valence-corrected chi connectivity index (χ2v) is 6.79. The first-order valence-electron chi connectivity index (χ1n) is 7.84. The van der Waals surface area contributed by atoms with Crippen molar-refractivity contribution in [1.82, 2.24) is 0 Å². The summed E-state index contributed by atoms with van der Waals surface area (Å²) in [6.45, 7) is 0.586. The van der Waals surface area contributed by atoms with Gasteiger partial charge in [-0.25, -0.2) is 0 Å². The average Bonchev–Trinajstić information content (AvgIpc) is 3.05. The van der Waals surface area contributed by atoms with E-state index in [-0.39, 0.29) is 0 Å². The normalized spacial score (nSPS) is 10.8. The Balaban J connectivity index is 1.58. The van der Waals surface area contributed by atoms with Crippen molar-refractivity contribution < 1.29 is 4.74 Å². The average molecular weight is 331 g/mol. The number of nitrogen functional groups attached to an aromatic ring is 1. The fourth-order valence-electron chi connectivity index (χ4n) is 2.63. The third kappa shape index (κ3) is 3.12. The third-order valence-corrected chi connectivity index (χ3v) is 5.08. The summed E-state index contributed by atoms with van der Waals surface area (Å²) in [5, 5.41) is 1.24. The van der Waals surface area contributed by atoms with Crippen LogP contribution in [-0.4, -0.2) is 0 Å². The lowest BCUT2D eigenvalue weighted by Crippen LogP contribution is -1.94. The van der Waals surface area contributed by atoms with Gasteiger partial charge >= 0.3 is 0 Å². The van der Waals surface area contributed by atoms with E-state index in [1.807, 2.05) is 36.4 Å². The topological polar surface area (TPSA) is 35.2 Å². The Morgan fingerprint density at radius 1 is 0.833 bits per heavy atom. The lowest BCUT2D eigenvalue weighted by molar-refractivity contribution is 0.306. The minimum atomic E-state index is 0.586. The second kappa shape index (κ2) is 6.38. The Morgan fingerprint density at radius 2 is 1.62 bits per heavy atom. The number of ether oxygens (including phenoxy) is 1. The van der Waals surface area contributed by atoms with Crippen LogP contribution in [0.3, 0.4) is 0 Å². The summed E-state index contributed by atoms with van der Waals surface area (Å²) in [6.07, 6.45) is 0. The van der Waals surface area contributed by atoms with Crippen molar-refractivity contribution in [1.29, 1.82) is 0 Å². The fraction of sp³-hybridized carbons (Fsp3) is 0.0476. The van der Waals surface area contributed by atoms with Gasteiger partial charge in [0.15, 0.2) is 0 Å². The van der Waals surface area contributed by atoms with Gasteiger partial charge in [0.05, 0.1) is 0 Å². The Morgan fingerprint density at radius 3 is 2.42 bits per heavy atom. The third-order valence-electron chi connectivity index (χ3n) is 3.94. The maximum Gasteiger partial charge on any atom is 0.121 e. The minimum Gasteiger partial charge on any atom is -0.489 e. The zero-order valence-electron chi connectivity index (χ0n) is 13.1. The van der Waals surface area contributed by atoms with Crippen LogP contribution in [0.1, 0.15) is 5.56 Å². The van der Waals surface area contributed by atoms with E-state index in [0.29, 0.717) is 6.61 Å². The van der Waals surface area contributed by atoms with E-state index < -0.39 is 0 Å². The lowest BCUT2D eigenvalue weighted by atomic mass is 10.1. The molecule has 4 rings (SSSR count). The number of hydrogen-bond acceptors (Lipinski definition) is 3. The first-order chi connectivity index (χ1) is 11.8. The number of fused-ring (bicyclic) bond motifs is 1. The van der Waals surface area contributed by atoms with Gasteiger partial charge in [-0.15, -0.1) is 11.3 Å². The molecule has 4 aromatic rings. The van der Waals surface area contributed by atoms with Crippen LogP contribution in [0.25, 0.3) is 20.5 Å². The van der Waals surface area contributed by atoms with E-state index in [9.17, 15) is 0 Å². The van der Waals surface area contributed by atoms with Crippen molar-refractivity contribution in [2.45, 2.75) is 6.61 Å². The summed E-state index contributed by atoms with van der Waals surface area (Å²) < 4.78 is 7.15. The number of benzene rings is 3. The maximum atomic E-state index is 5.92.